The second-order valence-corrected chi connectivity index (χ2v) is 8.30. The Bertz CT molecular complexity index is 904. The molecule has 1 heterocycles. The third kappa shape index (κ3) is 3.53. The normalized spacial score (nSPS) is 12.2. The van der Waals surface area contributed by atoms with Crippen LogP contribution in [0.25, 0.3) is 11.1 Å². The van der Waals surface area contributed by atoms with Crippen LogP contribution in [0.4, 0.5) is 13.2 Å². The number of carbonyl (C=O) groups excluding carboxylic acids is 1. The minimum atomic E-state index is -4.93. The molecular weight excluding hydrogens is 412 g/mol. The predicted octanol–water partition coefficient (Wildman–Crippen LogP) is 4.80. The van der Waals surface area contributed by atoms with Crippen molar-refractivity contribution < 1.29 is 31.1 Å². The van der Waals surface area contributed by atoms with Gasteiger partial charge in [0.2, 0.25) is 0 Å². The van der Waals surface area contributed by atoms with Gasteiger partial charge in [0.05, 0.1) is 7.11 Å². The van der Waals surface area contributed by atoms with Crippen LogP contribution in [0.3, 0.4) is 0 Å². The molecule has 1 aromatic carbocycles. The summed E-state index contributed by atoms with van der Waals surface area (Å²) in [6.07, 6.45) is -4.93. The van der Waals surface area contributed by atoms with Crippen molar-refractivity contribution in [3.63, 3.8) is 0 Å². The van der Waals surface area contributed by atoms with Gasteiger partial charge >= 0.3 is 12.1 Å². The average Bonchev–Trinajstić information content (AvgIpc) is 2.87. The molecule has 130 valence electrons. The Balaban J connectivity index is 3.02. The highest BCUT2D eigenvalue weighted by Gasteiger charge is 2.43. The third-order valence-electron chi connectivity index (χ3n) is 2.88. The average molecular weight is 419 g/mol. The fraction of sp³-hybridized carbons (Fsp3) is 0.154. The molecule has 0 spiro atoms. The zero-order chi connectivity index (χ0) is 18.3. The fourth-order valence-electron chi connectivity index (χ4n) is 1.98. The fourth-order valence-corrected chi connectivity index (χ4v) is 5.09. The maximum atomic E-state index is 13.4. The molecule has 0 atom stereocenters. The zero-order valence-electron chi connectivity index (χ0n) is 11.6. The summed E-state index contributed by atoms with van der Waals surface area (Å²) in [6, 6.07) is 5.33. The lowest BCUT2D eigenvalue weighted by Crippen LogP contribution is -2.06. The molecule has 24 heavy (non-hydrogen) atoms. The minimum absolute atomic E-state index is 0.0656. The van der Waals surface area contributed by atoms with Gasteiger partial charge in [-0.25, -0.2) is 13.2 Å². The SMILES string of the molecule is COC(=O)c1sc(C(F)(F)F)c(-c2ccccc2Cl)c1S(=O)(=O)Cl. The smallest absolute Gasteiger partial charge is 0.426 e. The molecule has 1 aromatic heterocycles. The van der Waals surface area contributed by atoms with E-state index in [-0.39, 0.29) is 21.9 Å². The Labute approximate surface area is 148 Å². The number of rotatable bonds is 3. The number of thiophene rings is 1. The lowest BCUT2D eigenvalue weighted by Gasteiger charge is -2.10. The van der Waals surface area contributed by atoms with Crippen molar-refractivity contribution in [1.29, 1.82) is 0 Å². The Morgan fingerprint density at radius 2 is 1.83 bits per heavy atom. The molecule has 0 radical (unpaired) electrons. The number of hydrogen-bond acceptors (Lipinski definition) is 5. The van der Waals surface area contributed by atoms with E-state index in [9.17, 15) is 26.4 Å². The first-order valence-electron chi connectivity index (χ1n) is 6.00. The molecular formula is C13H7Cl2F3O4S2. The standard InChI is InChI=1S/C13H7Cl2F3O4S2/c1-22-12(19)9-10(24(15,20)21)8(11(23-9)13(16,17)18)6-4-2-3-5-7(6)14/h2-5H,1H3. The van der Waals surface area contributed by atoms with Crippen molar-refractivity contribution in [3.8, 4) is 11.1 Å². The molecule has 0 saturated heterocycles. The van der Waals surface area contributed by atoms with E-state index in [0.717, 1.165) is 7.11 Å². The topological polar surface area (TPSA) is 60.4 Å². The van der Waals surface area contributed by atoms with Gasteiger partial charge in [0.25, 0.3) is 9.05 Å². The van der Waals surface area contributed by atoms with E-state index in [1.807, 2.05) is 0 Å². The van der Waals surface area contributed by atoms with Crippen molar-refractivity contribution in [2.45, 2.75) is 11.1 Å². The van der Waals surface area contributed by atoms with E-state index < -0.39 is 41.4 Å². The molecule has 0 aliphatic heterocycles. The Kier molecular flexibility index (Phi) is 5.19. The summed E-state index contributed by atoms with van der Waals surface area (Å²) in [5, 5.41) is -0.126. The van der Waals surface area contributed by atoms with E-state index in [4.69, 9.17) is 22.3 Å². The zero-order valence-corrected chi connectivity index (χ0v) is 14.8. The highest BCUT2D eigenvalue weighted by molar-refractivity contribution is 8.14. The molecule has 0 unspecified atom stereocenters. The van der Waals surface area contributed by atoms with Crippen molar-refractivity contribution in [2.75, 3.05) is 7.11 Å². The van der Waals surface area contributed by atoms with Gasteiger partial charge in [-0.2, -0.15) is 13.2 Å². The summed E-state index contributed by atoms with van der Waals surface area (Å²) in [6.45, 7) is 0. The first-order valence-corrected chi connectivity index (χ1v) is 9.50. The third-order valence-corrected chi connectivity index (χ3v) is 5.91. The molecule has 2 aromatic rings. The Morgan fingerprint density at radius 1 is 1.25 bits per heavy atom. The van der Waals surface area contributed by atoms with Crippen molar-refractivity contribution in [1.82, 2.24) is 0 Å². The molecule has 0 fully saturated rings. The molecule has 4 nitrogen and oxygen atoms in total. The van der Waals surface area contributed by atoms with E-state index in [2.05, 4.69) is 4.74 Å². The highest BCUT2D eigenvalue weighted by Crippen LogP contribution is 2.49. The number of carbonyl (C=O) groups is 1. The van der Waals surface area contributed by atoms with Crippen LogP contribution in [0.2, 0.25) is 5.02 Å². The molecule has 0 saturated carbocycles. The van der Waals surface area contributed by atoms with Crippen molar-refractivity contribution >= 4 is 48.6 Å². The van der Waals surface area contributed by atoms with Gasteiger partial charge in [-0.3, -0.25) is 0 Å². The second kappa shape index (κ2) is 6.55. The lowest BCUT2D eigenvalue weighted by atomic mass is 10.1. The number of halogens is 5. The molecule has 0 aliphatic rings. The van der Waals surface area contributed by atoms with Gasteiger partial charge in [0.15, 0.2) is 0 Å². The van der Waals surface area contributed by atoms with E-state index in [0.29, 0.717) is 0 Å². The molecule has 0 bridgehead atoms. The number of hydrogen-bond donors (Lipinski definition) is 0. The summed E-state index contributed by atoms with van der Waals surface area (Å²) in [5.41, 5.74) is -0.981. The van der Waals surface area contributed by atoms with Crippen LogP contribution in [0.5, 0.6) is 0 Å². The molecule has 0 aliphatic carbocycles. The molecule has 0 amide bonds. The van der Waals surface area contributed by atoms with Gasteiger partial charge < -0.3 is 4.74 Å². The van der Waals surface area contributed by atoms with Crippen LogP contribution >= 0.6 is 33.6 Å². The summed E-state index contributed by atoms with van der Waals surface area (Å²) in [4.78, 5) is 8.70. The molecule has 0 N–H and O–H groups in total. The number of esters is 1. The monoisotopic (exact) mass is 418 g/mol. The maximum Gasteiger partial charge on any atom is 0.426 e. The lowest BCUT2D eigenvalue weighted by molar-refractivity contribution is -0.133. The highest BCUT2D eigenvalue weighted by atomic mass is 35.7. The maximum absolute atomic E-state index is 13.4. The number of methoxy groups -OCH3 is 1. The van der Waals surface area contributed by atoms with E-state index >= 15 is 0 Å². The van der Waals surface area contributed by atoms with Crippen molar-refractivity contribution in [2.24, 2.45) is 0 Å². The van der Waals surface area contributed by atoms with Crippen LogP contribution in [-0.2, 0) is 20.0 Å². The van der Waals surface area contributed by atoms with Gasteiger partial charge in [-0.1, -0.05) is 29.8 Å². The van der Waals surface area contributed by atoms with Crippen LogP contribution in [0, 0.1) is 0 Å². The van der Waals surface area contributed by atoms with Crippen LogP contribution in [0.1, 0.15) is 14.5 Å². The van der Waals surface area contributed by atoms with Crippen molar-refractivity contribution in [3.05, 3.63) is 39.0 Å². The van der Waals surface area contributed by atoms with Gasteiger partial charge in [-0.15, -0.1) is 11.3 Å². The second-order valence-electron chi connectivity index (χ2n) is 4.37. The van der Waals surface area contributed by atoms with Crippen LogP contribution in [0.15, 0.2) is 29.2 Å². The molecule has 11 heteroatoms. The number of ether oxygens (including phenoxy) is 1. The largest absolute Gasteiger partial charge is 0.465 e. The van der Waals surface area contributed by atoms with E-state index in [1.54, 1.807) is 0 Å². The molecule has 2 rings (SSSR count). The number of alkyl halides is 3. The first-order chi connectivity index (χ1) is 11.0. The Morgan fingerprint density at radius 3 is 2.29 bits per heavy atom. The minimum Gasteiger partial charge on any atom is -0.465 e. The van der Waals surface area contributed by atoms with Crippen LogP contribution in [-0.4, -0.2) is 21.5 Å². The quantitative estimate of drug-likeness (QED) is 0.530. The van der Waals surface area contributed by atoms with Gasteiger partial charge in [0.1, 0.15) is 14.6 Å². The number of benzene rings is 1. The summed E-state index contributed by atoms with van der Waals surface area (Å²) in [7, 11) is 1.51. The summed E-state index contributed by atoms with van der Waals surface area (Å²) < 4.78 is 68.3. The Hall–Kier alpha value is -1.29. The first kappa shape index (κ1) is 19.0. The van der Waals surface area contributed by atoms with E-state index in [1.165, 1.54) is 24.3 Å². The predicted molar refractivity (Wildman–Crippen MR) is 84.1 cm³/mol. The van der Waals surface area contributed by atoms with Gasteiger partial charge in [0, 0.05) is 26.8 Å². The summed E-state index contributed by atoms with van der Waals surface area (Å²) in [5.74, 6) is -1.25. The van der Waals surface area contributed by atoms with Crippen LogP contribution < -0.4 is 0 Å². The summed E-state index contributed by atoms with van der Waals surface area (Å²) >= 11 is 5.84. The van der Waals surface area contributed by atoms with Gasteiger partial charge in [-0.05, 0) is 6.07 Å².